The molecule has 38 heavy (non-hydrogen) atoms. The Hall–Kier alpha value is -4.66. The molecular weight excluding hydrogens is 480 g/mol. The highest BCUT2D eigenvalue weighted by atomic mass is 32.1. The SMILES string of the molecule is c1ccc(-c2cccc3c2oc2ccccc23)c(-c2ccccc2-c2cccc3c2sc2ccccc23)c1. The van der Waals surface area contributed by atoms with Crippen molar-refractivity contribution in [2.45, 2.75) is 0 Å². The molecule has 178 valence electrons. The van der Waals surface area contributed by atoms with E-state index in [2.05, 4.69) is 121 Å². The molecule has 0 radical (unpaired) electrons. The molecule has 0 atom stereocenters. The summed E-state index contributed by atoms with van der Waals surface area (Å²) in [7, 11) is 0. The van der Waals surface area contributed by atoms with E-state index in [0.29, 0.717) is 0 Å². The molecule has 0 bridgehead atoms. The van der Waals surface area contributed by atoms with E-state index >= 15 is 0 Å². The van der Waals surface area contributed by atoms with Crippen LogP contribution in [0.2, 0.25) is 0 Å². The molecule has 0 unspecified atom stereocenters. The molecule has 0 amide bonds. The Bertz CT molecular complexity index is 1990. The normalized spacial score (nSPS) is 11.7. The predicted octanol–water partition coefficient (Wildman–Crippen LogP) is 11.0. The zero-order chi connectivity index (χ0) is 25.1. The van der Waals surface area contributed by atoms with Gasteiger partial charge in [0.15, 0.2) is 0 Å². The van der Waals surface area contributed by atoms with Crippen molar-refractivity contribution < 1.29 is 4.42 Å². The summed E-state index contributed by atoms with van der Waals surface area (Å²) >= 11 is 1.88. The maximum absolute atomic E-state index is 6.44. The highest BCUT2D eigenvalue weighted by Gasteiger charge is 2.18. The molecule has 0 aliphatic carbocycles. The van der Waals surface area contributed by atoms with Gasteiger partial charge in [-0.25, -0.2) is 0 Å². The van der Waals surface area contributed by atoms with Crippen LogP contribution in [0.1, 0.15) is 0 Å². The summed E-state index contributed by atoms with van der Waals surface area (Å²) in [5, 5.41) is 4.94. The minimum Gasteiger partial charge on any atom is -0.455 e. The third kappa shape index (κ3) is 3.17. The van der Waals surface area contributed by atoms with Gasteiger partial charge >= 0.3 is 0 Å². The summed E-state index contributed by atoms with van der Waals surface area (Å²) < 4.78 is 9.09. The summed E-state index contributed by atoms with van der Waals surface area (Å²) in [6.07, 6.45) is 0. The number of hydrogen-bond acceptors (Lipinski definition) is 2. The molecule has 0 aliphatic heterocycles. The average molecular weight is 503 g/mol. The lowest BCUT2D eigenvalue weighted by molar-refractivity contribution is 0.670. The minimum absolute atomic E-state index is 0.921. The van der Waals surface area contributed by atoms with Crippen LogP contribution < -0.4 is 0 Å². The van der Waals surface area contributed by atoms with Gasteiger partial charge in [0.1, 0.15) is 11.2 Å². The van der Waals surface area contributed by atoms with Gasteiger partial charge in [0.05, 0.1) is 0 Å². The van der Waals surface area contributed by atoms with E-state index in [1.165, 1.54) is 48.0 Å². The molecule has 2 heteroatoms. The van der Waals surface area contributed by atoms with Gasteiger partial charge in [0.2, 0.25) is 0 Å². The van der Waals surface area contributed by atoms with E-state index < -0.39 is 0 Å². The van der Waals surface area contributed by atoms with Gasteiger partial charge in [0, 0.05) is 42.1 Å². The molecule has 0 aliphatic rings. The van der Waals surface area contributed by atoms with Crippen LogP contribution in [-0.2, 0) is 0 Å². The largest absolute Gasteiger partial charge is 0.455 e. The number of fused-ring (bicyclic) bond motifs is 6. The van der Waals surface area contributed by atoms with Crippen molar-refractivity contribution in [3.8, 4) is 33.4 Å². The number of rotatable bonds is 3. The van der Waals surface area contributed by atoms with E-state index in [9.17, 15) is 0 Å². The quantitative estimate of drug-likeness (QED) is 0.234. The lowest BCUT2D eigenvalue weighted by atomic mass is 9.88. The van der Waals surface area contributed by atoms with Gasteiger partial charge in [-0.2, -0.15) is 0 Å². The highest BCUT2D eigenvalue weighted by molar-refractivity contribution is 7.26. The van der Waals surface area contributed by atoms with Crippen LogP contribution in [0.3, 0.4) is 0 Å². The van der Waals surface area contributed by atoms with E-state index in [1.807, 2.05) is 23.5 Å². The molecule has 0 spiro atoms. The third-order valence-electron chi connectivity index (χ3n) is 7.53. The van der Waals surface area contributed by atoms with Crippen LogP contribution in [0.15, 0.2) is 138 Å². The zero-order valence-electron chi connectivity index (χ0n) is 20.5. The Balaban J connectivity index is 1.39. The topological polar surface area (TPSA) is 13.1 Å². The van der Waals surface area contributed by atoms with Crippen LogP contribution in [0.25, 0.3) is 75.5 Å². The molecule has 8 aromatic rings. The first-order chi connectivity index (χ1) is 18.9. The number of furan rings is 1. The van der Waals surface area contributed by atoms with Crippen molar-refractivity contribution in [3.63, 3.8) is 0 Å². The highest BCUT2D eigenvalue weighted by Crippen LogP contribution is 2.45. The van der Waals surface area contributed by atoms with Crippen LogP contribution in [-0.4, -0.2) is 0 Å². The summed E-state index contributed by atoms with van der Waals surface area (Å²) in [4.78, 5) is 0. The number of benzene rings is 6. The fourth-order valence-corrected chi connectivity index (χ4v) is 7.05. The fourth-order valence-electron chi connectivity index (χ4n) is 5.82. The molecule has 2 heterocycles. The number of hydrogen-bond donors (Lipinski definition) is 0. The van der Waals surface area contributed by atoms with Crippen LogP contribution in [0.5, 0.6) is 0 Å². The monoisotopic (exact) mass is 502 g/mol. The molecule has 0 saturated heterocycles. The predicted molar refractivity (Wildman–Crippen MR) is 163 cm³/mol. The van der Waals surface area contributed by atoms with Crippen molar-refractivity contribution in [2.75, 3.05) is 0 Å². The zero-order valence-corrected chi connectivity index (χ0v) is 21.3. The van der Waals surface area contributed by atoms with Crippen LogP contribution in [0, 0.1) is 0 Å². The first kappa shape index (κ1) is 21.4. The summed E-state index contributed by atoms with van der Waals surface area (Å²) in [6.45, 7) is 0. The smallest absolute Gasteiger partial charge is 0.143 e. The Kier molecular flexibility index (Phi) is 4.76. The molecule has 0 fully saturated rings. The van der Waals surface area contributed by atoms with Gasteiger partial charge in [-0.15, -0.1) is 11.3 Å². The van der Waals surface area contributed by atoms with Crippen molar-refractivity contribution in [3.05, 3.63) is 133 Å². The Morgan fingerprint density at radius 2 is 0.868 bits per heavy atom. The molecule has 8 rings (SSSR count). The van der Waals surface area contributed by atoms with Crippen LogP contribution in [0.4, 0.5) is 0 Å². The maximum Gasteiger partial charge on any atom is 0.143 e. The second kappa shape index (κ2) is 8.44. The Morgan fingerprint density at radius 3 is 1.63 bits per heavy atom. The standard InChI is InChI=1S/C36H22OS/c1-3-13-25(29-17-9-18-30-27-15-5-7-21-33(27)37-35(29)30)23(11-1)24-12-2-4-14-26(24)31-19-10-20-32-28-16-6-8-22-34(28)38-36(31)32/h1-22H. The lowest BCUT2D eigenvalue weighted by Crippen LogP contribution is -1.89. The summed E-state index contributed by atoms with van der Waals surface area (Å²) in [5.41, 5.74) is 9.09. The van der Waals surface area contributed by atoms with Gasteiger partial charge < -0.3 is 4.42 Å². The minimum atomic E-state index is 0.921. The van der Waals surface area contributed by atoms with Gasteiger partial charge in [0.25, 0.3) is 0 Å². The fraction of sp³-hybridized carbons (Fsp3) is 0. The molecule has 0 N–H and O–H groups in total. The van der Waals surface area contributed by atoms with Crippen molar-refractivity contribution >= 4 is 53.4 Å². The summed E-state index contributed by atoms with van der Waals surface area (Å²) in [5.74, 6) is 0. The van der Waals surface area contributed by atoms with Crippen LogP contribution >= 0.6 is 11.3 Å². The third-order valence-corrected chi connectivity index (χ3v) is 8.75. The molecule has 2 aromatic heterocycles. The molecule has 1 nitrogen and oxygen atoms in total. The lowest BCUT2D eigenvalue weighted by Gasteiger charge is -2.15. The Morgan fingerprint density at radius 1 is 0.368 bits per heavy atom. The van der Waals surface area contributed by atoms with E-state index in [1.54, 1.807) is 0 Å². The second-order valence-corrected chi connectivity index (χ2v) is 10.7. The molecular formula is C36H22OS. The first-order valence-electron chi connectivity index (χ1n) is 12.9. The van der Waals surface area contributed by atoms with E-state index in [4.69, 9.17) is 4.42 Å². The van der Waals surface area contributed by atoms with E-state index in [-0.39, 0.29) is 0 Å². The number of para-hydroxylation sites is 2. The maximum atomic E-state index is 6.44. The first-order valence-corrected chi connectivity index (χ1v) is 13.7. The van der Waals surface area contributed by atoms with Crippen molar-refractivity contribution in [1.29, 1.82) is 0 Å². The number of thiophene rings is 1. The van der Waals surface area contributed by atoms with E-state index in [0.717, 1.165) is 27.5 Å². The molecule has 0 saturated carbocycles. The van der Waals surface area contributed by atoms with Crippen molar-refractivity contribution in [1.82, 2.24) is 0 Å². The van der Waals surface area contributed by atoms with Gasteiger partial charge in [-0.1, -0.05) is 121 Å². The Labute approximate surface area is 224 Å². The van der Waals surface area contributed by atoms with Crippen molar-refractivity contribution in [2.24, 2.45) is 0 Å². The summed E-state index contributed by atoms with van der Waals surface area (Å²) in [6, 6.07) is 47.7. The van der Waals surface area contributed by atoms with Gasteiger partial charge in [-0.05, 0) is 34.4 Å². The van der Waals surface area contributed by atoms with Gasteiger partial charge in [-0.3, -0.25) is 0 Å². The molecule has 6 aromatic carbocycles. The average Bonchev–Trinajstić information content (AvgIpc) is 3.56. The second-order valence-electron chi connectivity index (χ2n) is 9.65.